The van der Waals surface area contributed by atoms with Gasteiger partial charge < -0.3 is 10.1 Å². The first-order valence-electron chi connectivity index (χ1n) is 1.98. The average Bonchev–Trinajstić information content (AvgIpc) is 1.65. The second-order valence-electron chi connectivity index (χ2n) is 1.31. The summed E-state index contributed by atoms with van der Waals surface area (Å²) < 4.78 is 0. The van der Waals surface area contributed by atoms with E-state index >= 15 is 0 Å². The molecule has 0 unspecified atom stereocenters. The average molecular weight is 187 g/mol. The van der Waals surface area contributed by atoms with E-state index < -0.39 is 0 Å². The molecule has 40 valence electrons. The second-order valence-corrected chi connectivity index (χ2v) is 1.31. The van der Waals surface area contributed by atoms with Gasteiger partial charge in [0.15, 0.2) is 0 Å². The Bertz CT molecular complexity index is 101. The summed E-state index contributed by atoms with van der Waals surface area (Å²) >= 11 is 0. The van der Waals surface area contributed by atoms with Gasteiger partial charge in [0.25, 0.3) is 0 Å². The molecule has 0 aliphatic rings. The standard InChI is InChI=1S/C5H9NO.Y/c1-4(2)5(7)6-3;/h1H2,2-3H3,(H,6,7);/q;+3/p-1. The molecule has 3 heteroatoms. The smallest absolute Gasteiger partial charge is 0.652 e. The van der Waals surface area contributed by atoms with Crippen LogP contribution < -0.4 is 0 Å². The zero-order valence-corrected chi connectivity index (χ0v) is 7.98. The predicted octanol–water partition coefficient (Wildman–Crippen LogP) is 1.09. The minimum atomic E-state index is -0.222. The zero-order valence-electron chi connectivity index (χ0n) is 5.14. The Morgan fingerprint density at radius 1 is 1.62 bits per heavy atom. The number of likely N-dealkylation sites (N-methyl/N-ethyl adjacent to an activating group) is 1. The van der Waals surface area contributed by atoms with Crippen molar-refractivity contribution >= 4 is 5.91 Å². The van der Waals surface area contributed by atoms with Crippen LogP contribution in [-0.4, -0.2) is 13.0 Å². The Morgan fingerprint density at radius 2 is 2.00 bits per heavy atom. The van der Waals surface area contributed by atoms with Crippen molar-refractivity contribution in [1.82, 2.24) is 0 Å². The first-order valence-corrected chi connectivity index (χ1v) is 1.98. The maximum atomic E-state index is 10.2. The van der Waals surface area contributed by atoms with Gasteiger partial charge in [-0.3, -0.25) is 0 Å². The van der Waals surface area contributed by atoms with E-state index in [0.29, 0.717) is 5.57 Å². The molecule has 0 atom stereocenters. The molecule has 0 rings (SSSR count). The molecule has 0 aromatic heterocycles. The Kier molecular flexibility index (Phi) is 7.60. The molecule has 1 amide bonds. The SMILES string of the molecule is C=C(C)C(=O)[N-]C.[Y+3]. The maximum absolute atomic E-state index is 10.2. The summed E-state index contributed by atoms with van der Waals surface area (Å²) in [4.78, 5) is 10.2. The fraction of sp³-hybridized carbons (Fsp3) is 0.400. The van der Waals surface area contributed by atoms with Crippen molar-refractivity contribution in [2.45, 2.75) is 6.92 Å². The Labute approximate surface area is 74.6 Å². The Balaban J connectivity index is 0. The quantitative estimate of drug-likeness (QED) is 0.565. The van der Waals surface area contributed by atoms with E-state index in [-0.39, 0.29) is 38.6 Å². The normalized spacial score (nSPS) is 6.75. The van der Waals surface area contributed by atoms with Gasteiger partial charge in [0.05, 0.1) is 5.91 Å². The van der Waals surface area contributed by atoms with Crippen LogP contribution in [0.25, 0.3) is 5.32 Å². The summed E-state index contributed by atoms with van der Waals surface area (Å²) in [5, 5.41) is 3.35. The predicted molar refractivity (Wildman–Crippen MR) is 29.1 cm³/mol. The van der Waals surface area contributed by atoms with Crippen LogP contribution in [0.1, 0.15) is 6.92 Å². The van der Waals surface area contributed by atoms with Crippen LogP contribution in [0.5, 0.6) is 0 Å². The van der Waals surface area contributed by atoms with E-state index in [9.17, 15) is 4.79 Å². The monoisotopic (exact) mass is 187 g/mol. The fourth-order valence-electron chi connectivity index (χ4n) is 0.191. The van der Waals surface area contributed by atoms with E-state index in [1.165, 1.54) is 7.05 Å². The summed E-state index contributed by atoms with van der Waals surface area (Å²) in [6.07, 6.45) is 0. The van der Waals surface area contributed by atoms with Crippen LogP contribution in [-0.2, 0) is 37.5 Å². The van der Waals surface area contributed by atoms with E-state index in [0.717, 1.165) is 0 Å². The molecule has 0 aromatic carbocycles. The van der Waals surface area contributed by atoms with Crippen LogP contribution >= 0.6 is 0 Å². The van der Waals surface area contributed by atoms with Gasteiger partial charge in [-0.15, -0.1) is 7.05 Å². The molecule has 0 aromatic rings. The Morgan fingerprint density at radius 3 is 2.00 bits per heavy atom. The summed E-state index contributed by atoms with van der Waals surface area (Å²) in [5.41, 5.74) is 0.488. The number of hydrogen-bond donors (Lipinski definition) is 0. The topological polar surface area (TPSA) is 31.2 Å². The van der Waals surface area contributed by atoms with Gasteiger partial charge in [0.1, 0.15) is 0 Å². The number of nitrogens with zero attached hydrogens (tertiary/aromatic N) is 1. The first-order chi connectivity index (χ1) is 3.18. The minimum Gasteiger partial charge on any atom is -0.652 e. The molecule has 0 saturated carbocycles. The molecule has 0 saturated heterocycles. The van der Waals surface area contributed by atoms with Crippen molar-refractivity contribution < 1.29 is 37.5 Å². The summed E-state index contributed by atoms with van der Waals surface area (Å²) in [7, 11) is 1.46. The molecule has 0 bridgehead atoms. The number of carbonyl (C=O) groups is 1. The van der Waals surface area contributed by atoms with Gasteiger partial charge in [0.2, 0.25) is 0 Å². The van der Waals surface area contributed by atoms with Gasteiger partial charge in [-0.1, -0.05) is 6.58 Å². The number of rotatable bonds is 1. The third-order valence-corrected chi connectivity index (χ3v) is 0.568. The molecule has 0 spiro atoms. The summed E-state index contributed by atoms with van der Waals surface area (Å²) in [6, 6.07) is 0. The van der Waals surface area contributed by atoms with Crippen molar-refractivity contribution in [3.05, 3.63) is 17.5 Å². The van der Waals surface area contributed by atoms with Crippen LogP contribution in [0.2, 0.25) is 0 Å². The molecule has 0 N–H and O–H groups in total. The third-order valence-electron chi connectivity index (χ3n) is 0.568. The molecule has 0 heterocycles. The number of carbonyl (C=O) groups excluding carboxylic acids is 1. The fourth-order valence-corrected chi connectivity index (χ4v) is 0.191. The van der Waals surface area contributed by atoms with Crippen molar-refractivity contribution in [2.75, 3.05) is 7.05 Å². The van der Waals surface area contributed by atoms with E-state index in [2.05, 4.69) is 11.9 Å². The van der Waals surface area contributed by atoms with E-state index in [4.69, 9.17) is 0 Å². The zero-order chi connectivity index (χ0) is 5.86. The number of amides is 1. The molecule has 0 aliphatic heterocycles. The van der Waals surface area contributed by atoms with E-state index in [1.807, 2.05) is 0 Å². The van der Waals surface area contributed by atoms with Crippen molar-refractivity contribution in [3.63, 3.8) is 0 Å². The summed E-state index contributed by atoms with van der Waals surface area (Å²) in [5.74, 6) is -0.222. The van der Waals surface area contributed by atoms with Gasteiger partial charge in [-0.2, -0.15) is 0 Å². The molecule has 0 radical (unpaired) electrons. The maximum Gasteiger partial charge on any atom is 3.00 e. The van der Waals surface area contributed by atoms with Crippen LogP contribution in [0.4, 0.5) is 0 Å². The molecule has 8 heavy (non-hydrogen) atoms. The van der Waals surface area contributed by atoms with Gasteiger partial charge in [-0.25, -0.2) is 0 Å². The molecule has 0 aliphatic carbocycles. The van der Waals surface area contributed by atoms with Gasteiger partial charge in [0, 0.05) is 0 Å². The third kappa shape index (κ3) is 4.47. The molecule has 0 fully saturated rings. The van der Waals surface area contributed by atoms with Crippen molar-refractivity contribution in [1.29, 1.82) is 0 Å². The Hall–Kier alpha value is 0.314. The largest absolute Gasteiger partial charge is 3.00 e. The van der Waals surface area contributed by atoms with Crippen molar-refractivity contribution in [2.24, 2.45) is 0 Å². The minimum absolute atomic E-state index is 0. The van der Waals surface area contributed by atoms with Crippen LogP contribution in [0.3, 0.4) is 0 Å². The van der Waals surface area contributed by atoms with Crippen molar-refractivity contribution in [3.8, 4) is 0 Å². The summed E-state index contributed by atoms with van der Waals surface area (Å²) in [6.45, 7) is 5.02. The molecular formula is C5H8NOY+2. The van der Waals surface area contributed by atoms with Crippen LogP contribution in [0, 0.1) is 0 Å². The van der Waals surface area contributed by atoms with Crippen LogP contribution in [0.15, 0.2) is 12.2 Å². The number of hydrogen-bond acceptors (Lipinski definition) is 1. The molecular weight excluding hydrogens is 179 g/mol. The van der Waals surface area contributed by atoms with Gasteiger partial charge in [-0.05, 0) is 12.5 Å². The first kappa shape index (κ1) is 11.2. The molecule has 2 nitrogen and oxygen atoms in total. The second kappa shape index (κ2) is 5.45. The van der Waals surface area contributed by atoms with Gasteiger partial charge >= 0.3 is 32.7 Å². The van der Waals surface area contributed by atoms with E-state index in [1.54, 1.807) is 6.92 Å².